The summed E-state index contributed by atoms with van der Waals surface area (Å²) in [5.74, 6) is -2.20. The number of hydrogen-bond acceptors (Lipinski definition) is 6. The van der Waals surface area contributed by atoms with E-state index in [2.05, 4.69) is 91.0 Å². The molecule has 0 bridgehead atoms. The van der Waals surface area contributed by atoms with Gasteiger partial charge < -0.3 is 30.6 Å². The molecule has 0 heterocycles. The average Bonchev–Trinajstić information content (AvgIpc) is 3.99. The summed E-state index contributed by atoms with van der Waals surface area (Å²) in [6.07, 6.45) is 5.25. The van der Waals surface area contributed by atoms with Crippen LogP contribution in [0.1, 0.15) is 76.3 Å². The van der Waals surface area contributed by atoms with E-state index in [1.165, 1.54) is 83.5 Å². The van der Waals surface area contributed by atoms with E-state index in [0.717, 1.165) is 19.3 Å². The van der Waals surface area contributed by atoms with Gasteiger partial charge in [-0.3, -0.25) is 14.4 Å². The molecule has 9 heteroatoms. The Morgan fingerprint density at radius 1 is 0.403 bits per heavy atom. The summed E-state index contributed by atoms with van der Waals surface area (Å²) in [7, 11) is 0. The van der Waals surface area contributed by atoms with Gasteiger partial charge in [-0.1, -0.05) is 134 Å². The second-order valence-corrected chi connectivity index (χ2v) is 16.3. The molecule has 0 amide bonds. The Balaban J connectivity index is 0.000000143. The van der Waals surface area contributed by atoms with Crippen LogP contribution in [0.25, 0.3) is 33.4 Å². The Kier molecular flexibility index (Phi) is 15.2. The number of carboxylic acids is 3. The maximum atomic E-state index is 10.7. The second kappa shape index (κ2) is 20.9. The molecule has 0 unspecified atom stereocenters. The molecule has 3 aliphatic rings. The summed E-state index contributed by atoms with van der Waals surface area (Å²) in [5.41, 5.74) is 18.5. The highest BCUT2D eigenvalue weighted by atomic mass is 16.4. The Morgan fingerprint density at radius 2 is 0.661 bits per heavy atom. The molecule has 9 nitrogen and oxygen atoms in total. The number of aliphatic hydroxyl groups is 3. The van der Waals surface area contributed by atoms with Gasteiger partial charge in [-0.25, -0.2) is 0 Å². The van der Waals surface area contributed by atoms with Crippen LogP contribution in [0.2, 0.25) is 0 Å². The molecule has 320 valence electrons. The lowest BCUT2D eigenvalue weighted by Crippen LogP contribution is -2.29. The monoisotopic (exact) mass is 834 g/mol. The topological polar surface area (TPSA) is 173 Å². The quantitative estimate of drug-likeness (QED) is 0.0704. The summed E-state index contributed by atoms with van der Waals surface area (Å²) in [5, 5.41) is 51.8. The molecule has 0 aliphatic heterocycles. The zero-order chi connectivity index (χ0) is 44.2. The lowest BCUT2D eigenvalue weighted by molar-refractivity contribution is -0.138. The van der Waals surface area contributed by atoms with Gasteiger partial charge >= 0.3 is 17.9 Å². The van der Waals surface area contributed by atoms with E-state index in [-0.39, 0.29) is 39.1 Å². The van der Waals surface area contributed by atoms with E-state index in [9.17, 15) is 14.4 Å². The Bertz CT molecular complexity index is 2260. The van der Waals surface area contributed by atoms with Crippen molar-refractivity contribution in [3.05, 3.63) is 177 Å². The fraction of sp³-hybridized carbons (Fsp3) is 0.264. The van der Waals surface area contributed by atoms with Gasteiger partial charge in [0, 0.05) is 24.7 Å². The Morgan fingerprint density at radius 3 is 0.903 bits per heavy atom. The molecule has 62 heavy (non-hydrogen) atoms. The van der Waals surface area contributed by atoms with Crippen molar-refractivity contribution in [1.82, 2.24) is 0 Å². The number of carboxylic acid groups (broad SMARTS) is 3. The minimum absolute atomic E-state index is 0.181. The highest BCUT2D eigenvalue weighted by molar-refractivity contribution is 5.80. The highest BCUT2D eigenvalue weighted by Gasteiger charge is 2.23. The number of aryl methyl sites for hydroxylation is 3. The van der Waals surface area contributed by atoms with Crippen LogP contribution in [0.5, 0.6) is 0 Å². The van der Waals surface area contributed by atoms with Gasteiger partial charge in [-0.15, -0.1) is 0 Å². The number of fused-ring (bicyclic) bond motifs is 9. The molecule has 0 saturated carbocycles. The maximum absolute atomic E-state index is 10.7. The van der Waals surface area contributed by atoms with E-state index in [1.54, 1.807) is 6.92 Å². The minimum atomic E-state index is -0.733. The third-order valence-corrected chi connectivity index (χ3v) is 11.8. The van der Waals surface area contributed by atoms with Gasteiger partial charge in [0.1, 0.15) is 0 Å². The van der Waals surface area contributed by atoms with Gasteiger partial charge in [0.15, 0.2) is 0 Å². The molecule has 6 aromatic carbocycles. The first-order valence-corrected chi connectivity index (χ1v) is 21.0. The zero-order valence-corrected chi connectivity index (χ0v) is 35.0. The smallest absolute Gasteiger partial charge is 0.303 e. The molecule has 0 atom stereocenters. The van der Waals surface area contributed by atoms with Crippen molar-refractivity contribution in [3.8, 4) is 33.4 Å². The predicted octanol–water partition coefficient (Wildman–Crippen LogP) is 8.79. The summed E-state index contributed by atoms with van der Waals surface area (Å²) < 4.78 is 0. The molecule has 9 rings (SSSR count). The van der Waals surface area contributed by atoms with Crippen LogP contribution in [-0.4, -0.2) is 68.4 Å². The van der Waals surface area contributed by atoms with Crippen LogP contribution in [0, 0.1) is 5.41 Å². The number of aliphatic carboxylic acids is 3. The van der Waals surface area contributed by atoms with Crippen molar-refractivity contribution in [3.63, 3.8) is 0 Å². The van der Waals surface area contributed by atoms with Crippen LogP contribution < -0.4 is 0 Å². The van der Waals surface area contributed by atoms with Crippen LogP contribution in [0.15, 0.2) is 127 Å². The first-order chi connectivity index (χ1) is 29.9. The van der Waals surface area contributed by atoms with E-state index < -0.39 is 23.3 Å². The molecule has 0 saturated heterocycles. The lowest BCUT2D eigenvalue weighted by Gasteiger charge is -2.20. The molecule has 0 aromatic heterocycles. The second-order valence-electron chi connectivity index (χ2n) is 16.3. The Hall–Kier alpha value is -6.39. The van der Waals surface area contributed by atoms with Crippen molar-refractivity contribution in [2.45, 2.75) is 64.7 Å². The molecule has 0 fully saturated rings. The first-order valence-electron chi connectivity index (χ1n) is 21.0. The van der Waals surface area contributed by atoms with E-state index in [0.29, 0.717) is 19.3 Å². The molecule has 3 aliphatic carbocycles. The maximum Gasteiger partial charge on any atom is 0.303 e. The van der Waals surface area contributed by atoms with E-state index >= 15 is 0 Å². The standard InChI is InChI=1S/3C16H14O2.C5H12O3/c3*17-16(18)9-8-11-5-3-7-14-13-6-2-1-4-12(13)10-15(11)14;1-5(2-6,3-7)4-8/h3*1-7H,8-10H2,(H,17,18);6-8H,2-4H2,1H3. The third kappa shape index (κ3) is 10.9. The summed E-state index contributed by atoms with van der Waals surface area (Å²) in [6, 6.07) is 43.8. The van der Waals surface area contributed by atoms with E-state index in [4.69, 9.17) is 30.6 Å². The summed E-state index contributed by atoms with van der Waals surface area (Å²) in [4.78, 5) is 32.1. The minimum Gasteiger partial charge on any atom is -0.481 e. The van der Waals surface area contributed by atoms with Crippen LogP contribution in [0.4, 0.5) is 0 Å². The number of rotatable bonds is 12. The number of carbonyl (C=O) groups is 3. The predicted molar refractivity (Wildman–Crippen MR) is 241 cm³/mol. The fourth-order valence-corrected chi connectivity index (χ4v) is 8.25. The Labute approximate surface area is 362 Å². The zero-order valence-electron chi connectivity index (χ0n) is 35.0. The van der Waals surface area contributed by atoms with Crippen LogP contribution >= 0.6 is 0 Å². The molecular formula is C53H54O9. The van der Waals surface area contributed by atoms with Gasteiger partial charge in [0.2, 0.25) is 0 Å². The largest absolute Gasteiger partial charge is 0.481 e. The van der Waals surface area contributed by atoms with Gasteiger partial charge in [-0.05, 0) is 122 Å². The normalized spacial score (nSPS) is 12.0. The van der Waals surface area contributed by atoms with Crippen LogP contribution in [-0.2, 0) is 52.9 Å². The van der Waals surface area contributed by atoms with Crippen molar-refractivity contribution < 1.29 is 45.0 Å². The van der Waals surface area contributed by atoms with Crippen LogP contribution in [0.3, 0.4) is 0 Å². The van der Waals surface area contributed by atoms with Crippen molar-refractivity contribution >= 4 is 17.9 Å². The average molecular weight is 835 g/mol. The molecule has 0 radical (unpaired) electrons. The van der Waals surface area contributed by atoms with Crippen molar-refractivity contribution in [1.29, 1.82) is 0 Å². The van der Waals surface area contributed by atoms with Gasteiger partial charge in [-0.2, -0.15) is 0 Å². The van der Waals surface area contributed by atoms with Gasteiger partial charge in [0.05, 0.1) is 19.8 Å². The third-order valence-electron chi connectivity index (χ3n) is 11.8. The van der Waals surface area contributed by atoms with Crippen molar-refractivity contribution in [2.75, 3.05) is 19.8 Å². The highest BCUT2D eigenvalue weighted by Crippen LogP contribution is 2.40. The SMILES string of the molecule is CC(CO)(CO)CO.O=C(O)CCc1cccc2c1Cc1ccccc1-2.O=C(O)CCc1cccc2c1Cc1ccccc1-2.O=C(O)CCc1cccc2c1Cc1ccccc1-2. The molecule has 6 N–H and O–H groups in total. The first kappa shape index (κ1) is 45.1. The molecule has 0 spiro atoms. The number of benzene rings is 6. The summed E-state index contributed by atoms with van der Waals surface area (Å²) in [6.45, 7) is 1.06. The van der Waals surface area contributed by atoms with Gasteiger partial charge in [0.25, 0.3) is 0 Å². The lowest BCUT2D eigenvalue weighted by atomic mass is 9.95. The number of aliphatic hydroxyl groups excluding tert-OH is 3. The number of hydrogen-bond donors (Lipinski definition) is 6. The van der Waals surface area contributed by atoms with E-state index in [1.807, 2.05) is 36.4 Å². The molecule has 6 aromatic rings. The molecular weight excluding hydrogens is 781 g/mol. The van der Waals surface area contributed by atoms with Crippen molar-refractivity contribution in [2.24, 2.45) is 5.41 Å². The summed E-state index contributed by atoms with van der Waals surface area (Å²) >= 11 is 0. The fourth-order valence-electron chi connectivity index (χ4n) is 8.25.